The minimum Gasteiger partial charge on any atom is -0.493 e. The number of aromatic hydroxyl groups is 1. The monoisotopic (exact) mass is 484 g/mol. The first-order chi connectivity index (χ1) is 17.4. The van der Waals surface area contributed by atoms with Gasteiger partial charge in [-0.15, -0.1) is 10.2 Å². The molecule has 5 aromatic rings. The average Bonchev–Trinajstić information content (AvgIpc) is 3.20. The summed E-state index contributed by atoms with van der Waals surface area (Å²) in [6, 6.07) is 17.5. The number of nitro benzene ring substituents is 1. The molecule has 3 N–H and O–H groups in total. The third kappa shape index (κ3) is 4.37. The standard InChI is InChI=1S/C24H16N6O6/c31-20(28-29-21-17-11-14(30(34)35)7-10-19(17)26-24(21)33)12-36-15-8-5-13(6-9-15)22-25-18-4-2-1-3-16(18)23(32)27-22/h1-11,26,33H,12H2,(H,25,27,32). The summed E-state index contributed by atoms with van der Waals surface area (Å²) in [6.45, 7) is -0.433. The van der Waals surface area contributed by atoms with E-state index in [0.29, 0.717) is 33.6 Å². The van der Waals surface area contributed by atoms with E-state index in [1.165, 1.54) is 18.2 Å². The number of carbonyl (C=O) groups is 1. The second-order valence-corrected chi connectivity index (χ2v) is 7.65. The highest BCUT2D eigenvalue weighted by molar-refractivity contribution is 5.95. The highest BCUT2D eigenvalue weighted by Crippen LogP contribution is 2.37. The lowest BCUT2D eigenvalue weighted by molar-refractivity contribution is -0.384. The lowest BCUT2D eigenvalue weighted by Gasteiger charge is -2.06. The van der Waals surface area contributed by atoms with Crippen LogP contribution in [0.15, 0.2) is 81.8 Å². The number of aromatic amines is 2. The Labute approximate surface area is 201 Å². The number of benzene rings is 3. The van der Waals surface area contributed by atoms with Crippen molar-refractivity contribution in [3.63, 3.8) is 0 Å². The number of hydrogen-bond donors (Lipinski definition) is 3. The first-order valence-electron chi connectivity index (χ1n) is 10.5. The number of hydrogen-bond acceptors (Lipinski definition) is 8. The lowest BCUT2D eigenvalue weighted by atomic mass is 10.2. The van der Waals surface area contributed by atoms with Gasteiger partial charge in [0.15, 0.2) is 12.3 Å². The molecule has 0 bridgehead atoms. The van der Waals surface area contributed by atoms with Gasteiger partial charge in [-0.25, -0.2) is 4.98 Å². The zero-order valence-corrected chi connectivity index (χ0v) is 18.3. The van der Waals surface area contributed by atoms with Crippen molar-refractivity contribution in [1.82, 2.24) is 15.0 Å². The molecule has 2 heterocycles. The Balaban J connectivity index is 1.27. The van der Waals surface area contributed by atoms with Crippen molar-refractivity contribution in [3.05, 3.63) is 87.2 Å². The van der Waals surface area contributed by atoms with E-state index in [9.17, 15) is 24.8 Å². The van der Waals surface area contributed by atoms with Gasteiger partial charge in [-0.05, 0) is 42.5 Å². The number of para-hydroxylation sites is 1. The van der Waals surface area contributed by atoms with Gasteiger partial charge in [0, 0.05) is 23.1 Å². The van der Waals surface area contributed by atoms with Crippen molar-refractivity contribution in [3.8, 4) is 23.0 Å². The molecule has 0 spiro atoms. The summed E-state index contributed by atoms with van der Waals surface area (Å²) in [5.74, 6) is -0.345. The minimum atomic E-state index is -0.737. The van der Waals surface area contributed by atoms with E-state index in [-0.39, 0.29) is 28.2 Å². The van der Waals surface area contributed by atoms with Gasteiger partial charge >= 0.3 is 5.91 Å². The normalized spacial score (nSPS) is 11.3. The van der Waals surface area contributed by atoms with Crippen molar-refractivity contribution in [1.29, 1.82) is 0 Å². The smallest absolute Gasteiger partial charge is 0.302 e. The van der Waals surface area contributed by atoms with Crippen LogP contribution < -0.4 is 10.3 Å². The number of rotatable bonds is 6. The molecule has 12 nitrogen and oxygen atoms in total. The van der Waals surface area contributed by atoms with Crippen LogP contribution in [0.4, 0.5) is 11.4 Å². The topological polar surface area (TPSA) is 176 Å². The van der Waals surface area contributed by atoms with Crippen LogP contribution in [0.1, 0.15) is 0 Å². The SMILES string of the molecule is O=C(COc1ccc(-c2nc3ccccc3c(=O)[nH]2)cc1)N=Nc1c(O)[nH]c2ccc([N+](=O)[O-])cc12. The predicted molar refractivity (Wildman–Crippen MR) is 129 cm³/mol. The molecular formula is C24H16N6O6. The number of nitrogens with zero attached hydrogens (tertiary/aromatic N) is 4. The summed E-state index contributed by atoms with van der Waals surface area (Å²) in [7, 11) is 0. The van der Waals surface area contributed by atoms with Gasteiger partial charge in [0.2, 0.25) is 5.88 Å². The average molecular weight is 484 g/mol. The van der Waals surface area contributed by atoms with E-state index in [1.807, 2.05) is 0 Å². The fourth-order valence-corrected chi connectivity index (χ4v) is 3.58. The molecule has 178 valence electrons. The first kappa shape index (κ1) is 22.4. The van der Waals surface area contributed by atoms with Crippen LogP contribution in [-0.4, -0.2) is 37.5 Å². The number of ether oxygens (including phenoxy) is 1. The molecule has 36 heavy (non-hydrogen) atoms. The molecule has 5 rings (SSSR count). The molecular weight excluding hydrogens is 468 g/mol. The Hall–Kier alpha value is -5.39. The summed E-state index contributed by atoms with van der Waals surface area (Å²) in [4.78, 5) is 44.7. The molecule has 0 saturated heterocycles. The molecule has 0 aliphatic heterocycles. The van der Waals surface area contributed by atoms with Crippen molar-refractivity contribution >= 4 is 39.1 Å². The molecule has 3 aromatic carbocycles. The van der Waals surface area contributed by atoms with Crippen molar-refractivity contribution in [2.75, 3.05) is 6.61 Å². The fraction of sp³-hybridized carbons (Fsp3) is 0.0417. The zero-order valence-electron chi connectivity index (χ0n) is 18.3. The number of H-pyrrole nitrogens is 2. The summed E-state index contributed by atoms with van der Waals surface area (Å²) in [6.07, 6.45) is 0. The van der Waals surface area contributed by atoms with Gasteiger partial charge in [0.1, 0.15) is 11.6 Å². The quantitative estimate of drug-likeness (QED) is 0.182. The van der Waals surface area contributed by atoms with Crippen LogP contribution in [0, 0.1) is 10.1 Å². The Morgan fingerprint density at radius 1 is 1.06 bits per heavy atom. The van der Waals surface area contributed by atoms with Gasteiger partial charge in [0.05, 0.1) is 21.3 Å². The third-order valence-corrected chi connectivity index (χ3v) is 5.31. The van der Waals surface area contributed by atoms with Crippen LogP contribution >= 0.6 is 0 Å². The number of nitro groups is 1. The predicted octanol–water partition coefficient (Wildman–Crippen LogP) is 4.37. The second-order valence-electron chi connectivity index (χ2n) is 7.65. The second kappa shape index (κ2) is 9.10. The molecule has 0 saturated carbocycles. The summed E-state index contributed by atoms with van der Waals surface area (Å²) in [5.41, 5.74) is 1.09. The van der Waals surface area contributed by atoms with Gasteiger partial charge in [-0.2, -0.15) is 0 Å². The van der Waals surface area contributed by atoms with E-state index in [4.69, 9.17) is 4.74 Å². The van der Waals surface area contributed by atoms with Crippen LogP contribution in [-0.2, 0) is 4.79 Å². The van der Waals surface area contributed by atoms with E-state index in [1.54, 1.807) is 48.5 Å². The number of fused-ring (bicyclic) bond motifs is 2. The first-order valence-corrected chi connectivity index (χ1v) is 10.5. The van der Waals surface area contributed by atoms with Crippen molar-refractivity contribution in [2.45, 2.75) is 0 Å². The highest BCUT2D eigenvalue weighted by Gasteiger charge is 2.15. The fourth-order valence-electron chi connectivity index (χ4n) is 3.58. The van der Waals surface area contributed by atoms with Gasteiger partial charge in [0.25, 0.3) is 11.2 Å². The van der Waals surface area contributed by atoms with Crippen LogP contribution in [0.2, 0.25) is 0 Å². The largest absolute Gasteiger partial charge is 0.493 e. The van der Waals surface area contributed by atoms with E-state index in [0.717, 1.165) is 0 Å². The number of aromatic nitrogens is 3. The maximum absolute atomic E-state index is 12.3. The summed E-state index contributed by atoms with van der Waals surface area (Å²) >= 11 is 0. The van der Waals surface area contributed by atoms with Gasteiger partial charge in [-0.1, -0.05) is 12.1 Å². The number of non-ortho nitro benzene ring substituents is 1. The maximum Gasteiger partial charge on any atom is 0.302 e. The molecule has 0 fully saturated rings. The Bertz CT molecular complexity index is 1720. The molecule has 12 heteroatoms. The van der Waals surface area contributed by atoms with Gasteiger partial charge < -0.3 is 19.8 Å². The number of amides is 1. The summed E-state index contributed by atoms with van der Waals surface area (Å²) in [5, 5.41) is 29.1. The van der Waals surface area contributed by atoms with Crippen LogP contribution in [0.3, 0.4) is 0 Å². The van der Waals surface area contributed by atoms with Crippen LogP contribution in [0.5, 0.6) is 11.6 Å². The van der Waals surface area contributed by atoms with E-state index < -0.39 is 17.4 Å². The van der Waals surface area contributed by atoms with E-state index in [2.05, 4.69) is 25.2 Å². The zero-order chi connectivity index (χ0) is 25.2. The number of nitrogens with one attached hydrogen (secondary N) is 2. The molecule has 0 aliphatic carbocycles. The molecule has 0 aliphatic rings. The number of carbonyl (C=O) groups excluding carboxylic acids is 1. The third-order valence-electron chi connectivity index (χ3n) is 5.31. The minimum absolute atomic E-state index is 0.0942. The van der Waals surface area contributed by atoms with Crippen molar-refractivity contribution < 1.29 is 19.6 Å². The Kier molecular flexibility index (Phi) is 5.66. The lowest BCUT2D eigenvalue weighted by Crippen LogP contribution is -2.09. The molecule has 0 atom stereocenters. The number of azo groups is 1. The highest BCUT2D eigenvalue weighted by atomic mass is 16.6. The summed E-state index contributed by atoms with van der Waals surface area (Å²) < 4.78 is 5.44. The molecule has 0 unspecified atom stereocenters. The Morgan fingerprint density at radius 2 is 1.83 bits per heavy atom. The molecule has 1 amide bonds. The molecule has 2 aromatic heterocycles. The maximum atomic E-state index is 12.3. The van der Waals surface area contributed by atoms with Crippen LogP contribution in [0.25, 0.3) is 33.2 Å². The van der Waals surface area contributed by atoms with Crippen molar-refractivity contribution in [2.24, 2.45) is 10.2 Å². The van der Waals surface area contributed by atoms with Gasteiger partial charge in [-0.3, -0.25) is 19.7 Å². The molecule has 0 radical (unpaired) electrons. The Morgan fingerprint density at radius 3 is 2.61 bits per heavy atom. The van der Waals surface area contributed by atoms with E-state index >= 15 is 0 Å².